The maximum absolute atomic E-state index is 5.42. The van der Waals surface area contributed by atoms with E-state index in [2.05, 4.69) is 200 Å². The maximum Gasteiger partial charge on any atom is 0.138 e. The van der Waals surface area contributed by atoms with Gasteiger partial charge < -0.3 is 5.32 Å². The molecule has 54 heavy (non-hydrogen) atoms. The highest BCUT2D eigenvalue weighted by Gasteiger charge is 2.39. The van der Waals surface area contributed by atoms with Crippen molar-refractivity contribution in [2.24, 2.45) is 4.99 Å². The van der Waals surface area contributed by atoms with Gasteiger partial charge in [0.25, 0.3) is 0 Å². The number of hydrogen-bond donors (Lipinski definition) is 1. The predicted molar refractivity (Wildman–Crippen MR) is 227 cm³/mol. The van der Waals surface area contributed by atoms with E-state index < -0.39 is 0 Å². The standard InChI is InChI=1S/C51H37N3/c1-51(2)43-29-41-38-21-13-14-24-45(38)54(46(41)30-42(43)48-39-22-11-9-19-36(39)37-20-10-12-23-40(37)49(48)51)47-31-44(52-50(53-47)35-17-7-4-8-18-35)34-27-25-33(26-28-34)32-15-5-3-6-16-32/h3-31,44H,1-2H3,(H,52,53). The van der Waals surface area contributed by atoms with Crippen molar-refractivity contribution in [2.75, 3.05) is 0 Å². The van der Waals surface area contributed by atoms with Crippen LogP contribution in [0.2, 0.25) is 0 Å². The van der Waals surface area contributed by atoms with Crippen LogP contribution < -0.4 is 5.32 Å². The molecular formula is C51H37N3. The molecule has 1 N–H and O–H groups in total. The van der Waals surface area contributed by atoms with Crippen LogP contribution in [0.3, 0.4) is 0 Å². The molecule has 0 fully saturated rings. The summed E-state index contributed by atoms with van der Waals surface area (Å²) in [5.74, 6) is 1.78. The molecule has 0 radical (unpaired) electrons. The summed E-state index contributed by atoms with van der Waals surface area (Å²) in [5.41, 5.74) is 12.3. The number of hydrogen-bond acceptors (Lipinski definition) is 2. The lowest BCUT2D eigenvalue weighted by Crippen LogP contribution is -2.31. The molecule has 0 saturated heterocycles. The Morgan fingerprint density at radius 1 is 0.519 bits per heavy atom. The summed E-state index contributed by atoms with van der Waals surface area (Å²) in [5, 5.41) is 11.5. The number of rotatable bonds is 4. The van der Waals surface area contributed by atoms with Crippen molar-refractivity contribution >= 4 is 55.0 Å². The van der Waals surface area contributed by atoms with E-state index in [-0.39, 0.29) is 11.5 Å². The molecule has 3 nitrogen and oxygen atoms in total. The topological polar surface area (TPSA) is 29.3 Å². The molecule has 9 aromatic rings. The number of para-hydroxylation sites is 1. The minimum atomic E-state index is -0.185. The zero-order chi connectivity index (χ0) is 36.0. The molecule has 8 aromatic carbocycles. The summed E-state index contributed by atoms with van der Waals surface area (Å²) in [7, 11) is 0. The quantitative estimate of drug-likeness (QED) is 0.183. The third-order valence-corrected chi connectivity index (χ3v) is 11.8. The van der Waals surface area contributed by atoms with Gasteiger partial charge in [-0.05, 0) is 84.8 Å². The van der Waals surface area contributed by atoms with E-state index in [9.17, 15) is 0 Å². The van der Waals surface area contributed by atoms with Gasteiger partial charge in [-0.15, -0.1) is 0 Å². The second kappa shape index (κ2) is 11.6. The molecule has 2 aliphatic rings. The van der Waals surface area contributed by atoms with Gasteiger partial charge in [0.15, 0.2) is 0 Å². The van der Waals surface area contributed by atoms with E-state index >= 15 is 0 Å². The van der Waals surface area contributed by atoms with Gasteiger partial charge in [0, 0.05) is 21.8 Å². The Labute approximate surface area is 314 Å². The van der Waals surface area contributed by atoms with Crippen LogP contribution >= 0.6 is 0 Å². The number of nitrogens with zero attached hydrogens (tertiary/aromatic N) is 2. The minimum absolute atomic E-state index is 0.0851. The molecule has 0 bridgehead atoms. The van der Waals surface area contributed by atoms with Crippen LogP contribution in [0.1, 0.15) is 42.1 Å². The molecule has 0 spiro atoms. The van der Waals surface area contributed by atoms with Crippen LogP contribution in [0.5, 0.6) is 0 Å². The van der Waals surface area contributed by atoms with Crippen molar-refractivity contribution in [1.29, 1.82) is 0 Å². The highest BCUT2D eigenvalue weighted by molar-refractivity contribution is 6.20. The zero-order valence-electron chi connectivity index (χ0n) is 30.2. The molecule has 11 rings (SSSR count). The molecule has 1 aliphatic carbocycles. The van der Waals surface area contributed by atoms with Crippen LogP contribution in [0.4, 0.5) is 0 Å². The number of amidine groups is 1. The van der Waals surface area contributed by atoms with Gasteiger partial charge in [-0.25, -0.2) is 4.99 Å². The Balaban J connectivity index is 1.16. The van der Waals surface area contributed by atoms with Gasteiger partial charge in [0.2, 0.25) is 0 Å². The van der Waals surface area contributed by atoms with Crippen LogP contribution in [0.25, 0.3) is 71.4 Å². The van der Waals surface area contributed by atoms with E-state index in [0.717, 1.165) is 22.7 Å². The number of fused-ring (bicyclic) bond motifs is 11. The number of aromatic nitrogens is 1. The van der Waals surface area contributed by atoms with Gasteiger partial charge in [-0.2, -0.15) is 0 Å². The molecule has 3 heteroatoms. The number of benzene rings is 8. The highest BCUT2D eigenvalue weighted by atomic mass is 15.2. The molecule has 1 atom stereocenters. The third kappa shape index (κ3) is 4.51. The van der Waals surface area contributed by atoms with Gasteiger partial charge in [0.1, 0.15) is 11.7 Å². The molecule has 0 amide bonds. The first-order chi connectivity index (χ1) is 26.5. The molecule has 1 aliphatic heterocycles. The molecule has 1 unspecified atom stereocenters. The second-order valence-electron chi connectivity index (χ2n) is 15.2. The van der Waals surface area contributed by atoms with Gasteiger partial charge in [-0.3, -0.25) is 4.57 Å². The average molecular weight is 692 g/mol. The Kier molecular flexibility index (Phi) is 6.66. The SMILES string of the molecule is CC1(C)c2cc3c4ccccc4n(C4=CC(c5ccc(-c6ccccc6)cc5)NC(c5ccccc5)=N4)c3cc2-c2c1c1ccccc1c1ccccc21. The van der Waals surface area contributed by atoms with Gasteiger partial charge in [0.05, 0.1) is 17.1 Å². The van der Waals surface area contributed by atoms with E-state index in [1.54, 1.807) is 0 Å². The van der Waals surface area contributed by atoms with Crippen molar-refractivity contribution in [3.63, 3.8) is 0 Å². The Morgan fingerprint density at radius 2 is 1.09 bits per heavy atom. The van der Waals surface area contributed by atoms with Crippen LogP contribution in [0, 0.1) is 0 Å². The molecule has 256 valence electrons. The van der Waals surface area contributed by atoms with E-state index in [1.165, 1.54) is 76.8 Å². The average Bonchev–Trinajstić information content (AvgIpc) is 3.68. The Morgan fingerprint density at radius 3 is 1.81 bits per heavy atom. The first-order valence-electron chi connectivity index (χ1n) is 18.8. The third-order valence-electron chi connectivity index (χ3n) is 11.8. The largest absolute Gasteiger partial charge is 0.359 e. The van der Waals surface area contributed by atoms with Gasteiger partial charge >= 0.3 is 0 Å². The fourth-order valence-electron chi connectivity index (χ4n) is 9.27. The lowest BCUT2D eigenvalue weighted by atomic mass is 9.79. The van der Waals surface area contributed by atoms with Crippen molar-refractivity contribution in [1.82, 2.24) is 9.88 Å². The van der Waals surface area contributed by atoms with E-state index in [1.807, 2.05) is 0 Å². The van der Waals surface area contributed by atoms with Crippen molar-refractivity contribution in [3.8, 4) is 22.3 Å². The predicted octanol–water partition coefficient (Wildman–Crippen LogP) is 12.7. The summed E-state index contributed by atoms with van der Waals surface area (Å²) < 4.78 is 2.40. The van der Waals surface area contributed by atoms with E-state index in [0.29, 0.717) is 0 Å². The molecule has 0 saturated carbocycles. The second-order valence-corrected chi connectivity index (χ2v) is 15.2. The van der Waals surface area contributed by atoms with Crippen molar-refractivity contribution in [2.45, 2.75) is 25.3 Å². The number of aliphatic imine (C=N–C) groups is 1. The molecule has 1 aromatic heterocycles. The summed E-state index contributed by atoms with van der Waals surface area (Å²) in [6, 6.07) is 61.6. The Hall–Kier alpha value is -6.71. The summed E-state index contributed by atoms with van der Waals surface area (Å²) in [4.78, 5) is 5.42. The summed E-state index contributed by atoms with van der Waals surface area (Å²) in [6.07, 6.45) is 2.30. The lowest BCUT2D eigenvalue weighted by molar-refractivity contribution is 0.667. The van der Waals surface area contributed by atoms with Gasteiger partial charge in [-0.1, -0.05) is 166 Å². The summed E-state index contributed by atoms with van der Waals surface area (Å²) >= 11 is 0. The highest BCUT2D eigenvalue weighted by Crippen LogP contribution is 2.56. The first-order valence-corrected chi connectivity index (χ1v) is 18.8. The lowest BCUT2D eigenvalue weighted by Gasteiger charge is -2.25. The first kappa shape index (κ1) is 30.9. The smallest absolute Gasteiger partial charge is 0.138 e. The molecular weight excluding hydrogens is 655 g/mol. The fourth-order valence-corrected chi connectivity index (χ4v) is 9.27. The number of nitrogens with one attached hydrogen (secondary N) is 1. The maximum atomic E-state index is 5.42. The van der Waals surface area contributed by atoms with Crippen LogP contribution in [-0.2, 0) is 5.41 Å². The van der Waals surface area contributed by atoms with Crippen molar-refractivity contribution < 1.29 is 0 Å². The van der Waals surface area contributed by atoms with Crippen molar-refractivity contribution in [3.05, 3.63) is 198 Å². The van der Waals surface area contributed by atoms with Crippen LogP contribution in [0.15, 0.2) is 181 Å². The fraction of sp³-hybridized carbons (Fsp3) is 0.0784. The zero-order valence-corrected chi connectivity index (χ0v) is 30.2. The minimum Gasteiger partial charge on any atom is -0.359 e. The Bertz CT molecular complexity index is 3020. The van der Waals surface area contributed by atoms with E-state index in [4.69, 9.17) is 4.99 Å². The summed E-state index contributed by atoms with van der Waals surface area (Å²) in [6.45, 7) is 4.81. The molecule has 2 heterocycles. The van der Waals surface area contributed by atoms with Crippen LogP contribution in [-0.4, -0.2) is 10.4 Å². The normalized spacial score (nSPS) is 15.9. The monoisotopic (exact) mass is 691 g/mol.